The highest BCUT2D eigenvalue weighted by Gasteiger charge is 2.07. The van der Waals surface area contributed by atoms with Gasteiger partial charge in [0, 0.05) is 37.1 Å². The number of nitrogens with one attached hydrogen (secondary N) is 1. The Morgan fingerprint density at radius 3 is 2.05 bits per heavy atom. The van der Waals surface area contributed by atoms with Crippen molar-refractivity contribution in [3.05, 3.63) is 24.3 Å². The average molecular weight is 277 g/mol. The SMILES string of the molecule is CCCN(CCC)c1ccc(NCC(N)C(C)C)cc1. The molecule has 0 saturated heterocycles. The molecule has 0 aliphatic rings. The molecule has 0 amide bonds. The summed E-state index contributed by atoms with van der Waals surface area (Å²) in [7, 11) is 0. The Morgan fingerprint density at radius 2 is 1.60 bits per heavy atom. The molecule has 3 heteroatoms. The second-order valence-corrected chi connectivity index (χ2v) is 5.82. The first-order valence-corrected chi connectivity index (χ1v) is 7.92. The fraction of sp³-hybridized carbons (Fsp3) is 0.647. The summed E-state index contributed by atoms with van der Waals surface area (Å²) in [6.07, 6.45) is 2.37. The van der Waals surface area contributed by atoms with Crippen molar-refractivity contribution >= 4 is 11.4 Å². The quantitative estimate of drug-likeness (QED) is 0.723. The lowest BCUT2D eigenvalue weighted by Gasteiger charge is -2.24. The molecule has 0 bridgehead atoms. The van der Waals surface area contributed by atoms with E-state index >= 15 is 0 Å². The first kappa shape index (κ1) is 16.8. The van der Waals surface area contributed by atoms with Crippen LogP contribution < -0.4 is 16.0 Å². The van der Waals surface area contributed by atoms with Crippen molar-refractivity contribution in [1.82, 2.24) is 0 Å². The third-order valence-electron chi connectivity index (χ3n) is 3.62. The molecule has 20 heavy (non-hydrogen) atoms. The molecule has 1 rings (SSSR count). The van der Waals surface area contributed by atoms with Crippen LogP contribution in [-0.4, -0.2) is 25.7 Å². The van der Waals surface area contributed by atoms with E-state index < -0.39 is 0 Å². The predicted molar refractivity (Wildman–Crippen MR) is 90.5 cm³/mol. The molecule has 1 unspecified atom stereocenters. The normalized spacial score (nSPS) is 12.5. The Balaban J connectivity index is 2.58. The van der Waals surface area contributed by atoms with E-state index in [2.05, 4.69) is 62.2 Å². The summed E-state index contributed by atoms with van der Waals surface area (Å²) in [4.78, 5) is 2.45. The topological polar surface area (TPSA) is 41.3 Å². The number of hydrogen-bond acceptors (Lipinski definition) is 3. The van der Waals surface area contributed by atoms with Gasteiger partial charge in [-0.1, -0.05) is 27.7 Å². The number of hydrogen-bond donors (Lipinski definition) is 2. The maximum absolute atomic E-state index is 6.05. The summed E-state index contributed by atoms with van der Waals surface area (Å²) < 4.78 is 0. The standard InChI is InChI=1S/C17H31N3/c1-5-11-20(12-6-2)16-9-7-15(8-10-16)19-13-17(18)14(3)4/h7-10,14,17,19H,5-6,11-13,18H2,1-4H3. The molecule has 1 atom stereocenters. The fourth-order valence-electron chi connectivity index (χ4n) is 2.17. The minimum atomic E-state index is 0.200. The summed E-state index contributed by atoms with van der Waals surface area (Å²) in [5, 5.41) is 3.41. The Hall–Kier alpha value is -1.22. The second kappa shape index (κ2) is 8.85. The van der Waals surface area contributed by atoms with E-state index in [9.17, 15) is 0 Å². The summed E-state index contributed by atoms with van der Waals surface area (Å²) >= 11 is 0. The molecule has 0 aromatic heterocycles. The first-order valence-electron chi connectivity index (χ1n) is 7.92. The molecule has 0 spiro atoms. The Labute approximate surface area is 124 Å². The zero-order valence-electron chi connectivity index (χ0n) is 13.5. The van der Waals surface area contributed by atoms with Crippen LogP contribution in [0.2, 0.25) is 0 Å². The van der Waals surface area contributed by atoms with Crippen molar-refractivity contribution in [3.8, 4) is 0 Å². The molecular formula is C17H31N3. The van der Waals surface area contributed by atoms with Gasteiger partial charge in [0.15, 0.2) is 0 Å². The maximum Gasteiger partial charge on any atom is 0.0367 e. The van der Waals surface area contributed by atoms with Crippen molar-refractivity contribution in [1.29, 1.82) is 0 Å². The van der Waals surface area contributed by atoms with E-state index in [-0.39, 0.29) is 6.04 Å². The van der Waals surface area contributed by atoms with Gasteiger partial charge in [-0.2, -0.15) is 0 Å². The van der Waals surface area contributed by atoms with E-state index in [1.54, 1.807) is 0 Å². The number of rotatable bonds is 9. The molecule has 1 aromatic rings. The third-order valence-corrected chi connectivity index (χ3v) is 3.62. The second-order valence-electron chi connectivity index (χ2n) is 5.82. The van der Waals surface area contributed by atoms with Gasteiger partial charge < -0.3 is 16.0 Å². The fourth-order valence-corrected chi connectivity index (χ4v) is 2.17. The minimum absolute atomic E-state index is 0.200. The van der Waals surface area contributed by atoms with Crippen LogP contribution in [0.5, 0.6) is 0 Å². The zero-order valence-corrected chi connectivity index (χ0v) is 13.5. The van der Waals surface area contributed by atoms with Crippen molar-refractivity contribution in [2.75, 3.05) is 29.9 Å². The highest BCUT2D eigenvalue weighted by Crippen LogP contribution is 2.18. The summed E-state index contributed by atoms with van der Waals surface area (Å²) in [5.41, 5.74) is 8.51. The molecule has 0 heterocycles. The van der Waals surface area contributed by atoms with Crippen LogP contribution in [0.15, 0.2) is 24.3 Å². The molecule has 1 aromatic carbocycles. The van der Waals surface area contributed by atoms with Gasteiger partial charge in [0.05, 0.1) is 0 Å². The van der Waals surface area contributed by atoms with E-state index in [0.717, 1.165) is 25.3 Å². The molecular weight excluding hydrogens is 246 g/mol. The Kier molecular flexibility index (Phi) is 7.45. The van der Waals surface area contributed by atoms with Gasteiger partial charge in [0.25, 0.3) is 0 Å². The summed E-state index contributed by atoms with van der Waals surface area (Å²) in [6.45, 7) is 11.8. The van der Waals surface area contributed by atoms with Crippen molar-refractivity contribution < 1.29 is 0 Å². The van der Waals surface area contributed by atoms with E-state index in [4.69, 9.17) is 5.73 Å². The van der Waals surface area contributed by atoms with Gasteiger partial charge in [-0.15, -0.1) is 0 Å². The van der Waals surface area contributed by atoms with Crippen LogP contribution >= 0.6 is 0 Å². The Bertz CT molecular complexity index is 353. The third kappa shape index (κ3) is 5.41. The van der Waals surface area contributed by atoms with Gasteiger partial charge >= 0.3 is 0 Å². The lowest BCUT2D eigenvalue weighted by Crippen LogP contribution is -2.34. The van der Waals surface area contributed by atoms with Crippen LogP contribution in [-0.2, 0) is 0 Å². The maximum atomic E-state index is 6.05. The molecule has 114 valence electrons. The summed E-state index contributed by atoms with van der Waals surface area (Å²) in [5.74, 6) is 0.506. The van der Waals surface area contributed by atoms with Crippen molar-refractivity contribution in [2.24, 2.45) is 11.7 Å². The van der Waals surface area contributed by atoms with Gasteiger partial charge in [0.1, 0.15) is 0 Å². The van der Waals surface area contributed by atoms with E-state index in [1.807, 2.05) is 0 Å². The summed E-state index contributed by atoms with van der Waals surface area (Å²) in [6, 6.07) is 8.91. The van der Waals surface area contributed by atoms with Crippen molar-refractivity contribution in [3.63, 3.8) is 0 Å². The number of anilines is 2. The number of nitrogens with zero attached hydrogens (tertiary/aromatic N) is 1. The molecule has 3 N–H and O–H groups in total. The van der Waals surface area contributed by atoms with Crippen LogP contribution in [0.25, 0.3) is 0 Å². The van der Waals surface area contributed by atoms with Crippen LogP contribution in [0.3, 0.4) is 0 Å². The van der Waals surface area contributed by atoms with Gasteiger partial charge in [-0.05, 0) is 43.0 Å². The Morgan fingerprint density at radius 1 is 1.05 bits per heavy atom. The van der Waals surface area contributed by atoms with Gasteiger partial charge in [0.2, 0.25) is 0 Å². The lowest BCUT2D eigenvalue weighted by molar-refractivity contribution is 0.511. The van der Waals surface area contributed by atoms with Crippen LogP contribution in [0.4, 0.5) is 11.4 Å². The smallest absolute Gasteiger partial charge is 0.0367 e. The number of benzene rings is 1. The van der Waals surface area contributed by atoms with Crippen molar-refractivity contribution in [2.45, 2.75) is 46.6 Å². The van der Waals surface area contributed by atoms with Gasteiger partial charge in [-0.25, -0.2) is 0 Å². The van der Waals surface area contributed by atoms with Crippen LogP contribution in [0, 0.1) is 5.92 Å². The molecule has 0 aliphatic carbocycles. The molecule has 0 fully saturated rings. The molecule has 0 radical (unpaired) electrons. The average Bonchev–Trinajstić information content (AvgIpc) is 2.45. The minimum Gasteiger partial charge on any atom is -0.383 e. The monoisotopic (exact) mass is 277 g/mol. The van der Waals surface area contributed by atoms with E-state index in [1.165, 1.54) is 18.5 Å². The first-order chi connectivity index (χ1) is 9.58. The highest BCUT2D eigenvalue weighted by molar-refractivity contribution is 5.55. The van der Waals surface area contributed by atoms with E-state index in [0.29, 0.717) is 5.92 Å². The number of nitrogens with two attached hydrogens (primary N) is 1. The molecule has 3 nitrogen and oxygen atoms in total. The van der Waals surface area contributed by atoms with Crippen LogP contribution in [0.1, 0.15) is 40.5 Å². The zero-order chi connectivity index (χ0) is 15.0. The highest BCUT2D eigenvalue weighted by atomic mass is 15.1. The lowest BCUT2D eigenvalue weighted by atomic mass is 10.1. The largest absolute Gasteiger partial charge is 0.383 e. The van der Waals surface area contributed by atoms with Gasteiger partial charge in [-0.3, -0.25) is 0 Å². The molecule has 0 saturated carbocycles. The predicted octanol–water partition coefficient (Wildman–Crippen LogP) is 3.71. The molecule has 0 aliphatic heterocycles.